The monoisotopic (exact) mass is 515 g/mol. The van der Waals surface area contributed by atoms with Crippen molar-refractivity contribution in [3.8, 4) is 5.69 Å². The van der Waals surface area contributed by atoms with Crippen LogP contribution in [0.25, 0.3) is 16.7 Å². The number of anilines is 2. The molecule has 0 radical (unpaired) electrons. The maximum atomic E-state index is 13.1. The van der Waals surface area contributed by atoms with Crippen molar-refractivity contribution in [1.82, 2.24) is 29.6 Å². The number of nitrogens with zero attached hydrogens (tertiary/aromatic N) is 5. The normalized spacial score (nSPS) is 13.0. The Labute approximate surface area is 217 Å². The fourth-order valence-corrected chi connectivity index (χ4v) is 4.28. The van der Waals surface area contributed by atoms with E-state index in [9.17, 15) is 4.79 Å². The molecule has 5 rings (SSSR count). The van der Waals surface area contributed by atoms with Gasteiger partial charge in [0.25, 0.3) is 5.56 Å². The Kier molecular flexibility index (Phi) is 7.89. The van der Waals surface area contributed by atoms with Gasteiger partial charge in [0.2, 0.25) is 5.95 Å². The van der Waals surface area contributed by atoms with E-state index in [0.29, 0.717) is 23.5 Å². The van der Waals surface area contributed by atoms with E-state index in [4.69, 9.17) is 4.98 Å². The van der Waals surface area contributed by atoms with Crippen molar-refractivity contribution in [2.24, 2.45) is 0 Å². The summed E-state index contributed by atoms with van der Waals surface area (Å²) in [5.41, 5.74) is 5.75. The highest BCUT2D eigenvalue weighted by Gasteiger charge is 2.20. The second kappa shape index (κ2) is 10.4. The average molecular weight is 516 g/mol. The molecule has 0 saturated heterocycles. The summed E-state index contributed by atoms with van der Waals surface area (Å²) in [5, 5.41) is 7.22. The molecule has 1 aliphatic heterocycles. The first-order valence-electron chi connectivity index (χ1n) is 11.4. The number of rotatable bonds is 4. The molecule has 0 aliphatic carbocycles. The van der Waals surface area contributed by atoms with Crippen molar-refractivity contribution in [2.75, 3.05) is 11.9 Å². The van der Waals surface area contributed by atoms with Crippen LogP contribution in [0.1, 0.15) is 44.5 Å². The molecule has 186 valence electrons. The van der Waals surface area contributed by atoms with Gasteiger partial charge < -0.3 is 10.6 Å². The Balaban J connectivity index is 0.00000171. The lowest BCUT2D eigenvalue weighted by Gasteiger charge is -2.19. The third-order valence-corrected chi connectivity index (χ3v) is 6.08. The van der Waals surface area contributed by atoms with Crippen molar-refractivity contribution in [2.45, 2.75) is 52.6 Å². The summed E-state index contributed by atoms with van der Waals surface area (Å²) >= 11 is 0. The predicted octanol–water partition coefficient (Wildman–Crippen LogP) is 4.53. The topological polar surface area (TPSA) is 89.7 Å². The first-order valence-corrected chi connectivity index (χ1v) is 11.4. The van der Waals surface area contributed by atoms with E-state index in [-0.39, 0.29) is 35.8 Å². The maximum absolute atomic E-state index is 13.1. The lowest BCUT2D eigenvalue weighted by Crippen LogP contribution is -2.23. The zero-order chi connectivity index (χ0) is 23.2. The Morgan fingerprint density at radius 2 is 1.89 bits per heavy atom. The highest BCUT2D eigenvalue weighted by atomic mass is 35.5. The van der Waals surface area contributed by atoms with E-state index < -0.39 is 0 Å². The number of hydrogen-bond acceptors (Lipinski definition) is 6. The average Bonchev–Trinajstić information content (AvgIpc) is 3.09. The zero-order valence-corrected chi connectivity index (χ0v) is 22.0. The molecule has 2 N–H and O–H groups in total. The molecular formula is C25H31Cl2N7O. The van der Waals surface area contributed by atoms with Gasteiger partial charge in [-0.15, -0.1) is 24.8 Å². The predicted molar refractivity (Wildman–Crippen MR) is 145 cm³/mol. The van der Waals surface area contributed by atoms with E-state index in [1.807, 2.05) is 23.7 Å². The summed E-state index contributed by atoms with van der Waals surface area (Å²) in [7, 11) is 0. The number of benzene rings is 1. The van der Waals surface area contributed by atoms with Crippen molar-refractivity contribution < 1.29 is 0 Å². The lowest BCUT2D eigenvalue weighted by atomic mass is 9.91. The van der Waals surface area contributed by atoms with Gasteiger partial charge in [0, 0.05) is 42.3 Å². The van der Waals surface area contributed by atoms with Gasteiger partial charge in [0.05, 0.1) is 5.69 Å². The first-order chi connectivity index (χ1) is 15.8. The highest BCUT2D eigenvalue weighted by Crippen LogP contribution is 2.25. The molecule has 4 heterocycles. The second-order valence-corrected chi connectivity index (χ2v) is 9.45. The van der Waals surface area contributed by atoms with E-state index >= 15 is 0 Å². The lowest BCUT2D eigenvalue weighted by molar-refractivity contribution is 0.557. The fourth-order valence-electron chi connectivity index (χ4n) is 4.28. The van der Waals surface area contributed by atoms with E-state index in [1.54, 1.807) is 17.1 Å². The minimum absolute atomic E-state index is 0. The largest absolute Gasteiger partial charge is 0.324 e. The van der Waals surface area contributed by atoms with Gasteiger partial charge in [0.15, 0.2) is 5.65 Å². The summed E-state index contributed by atoms with van der Waals surface area (Å²) < 4.78 is 3.56. The van der Waals surface area contributed by atoms with Crippen molar-refractivity contribution in [3.05, 3.63) is 69.9 Å². The van der Waals surface area contributed by atoms with Gasteiger partial charge in [-0.05, 0) is 55.3 Å². The molecule has 0 fully saturated rings. The molecular weight excluding hydrogens is 485 g/mol. The molecule has 0 saturated carbocycles. The van der Waals surface area contributed by atoms with Gasteiger partial charge in [-0.25, -0.2) is 14.3 Å². The first kappa shape index (κ1) is 26.7. The number of pyridine rings is 1. The Hall–Kier alpha value is -2.94. The summed E-state index contributed by atoms with van der Waals surface area (Å²) in [4.78, 5) is 26.8. The highest BCUT2D eigenvalue weighted by molar-refractivity contribution is 5.85. The second-order valence-electron chi connectivity index (χ2n) is 9.45. The third kappa shape index (κ3) is 5.05. The van der Waals surface area contributed by atoms with Gasteiger partial charge >= 0.3 is 0 Å². The SMILES string of the molecule is CCn1c(=O)c2cnc(Nc3ccc4c(c3)CNCC4)nc2n1-c1ccnc(C(C)(C)C)c1.Cl.Cl. The molecule has 0 atom stereocenters. The zero-order valence-electron chi connectivity index (χ0n) is 20.3. The van der Waals surface area contributed by atoms with Crippen LogP contribution in [0.3, 0.4) is 0 Å². The van der Waals surface area contributed by atoms with Crippen LogP contribution in [0.4, 0.5) is 11.6 Å². The quantitative estimate of drug-likeness (QED) is 0.415. The molecule has 0 bridgehead atoms. The molecule has 0 unspecified atom stereocenters. The molecule has 10 heteroatoms. The van der Waals surface area contributed by atoms with Gasteiger partial charge in [-0.2, -0.15) is 4.98 Å². The standard InChI is InChI=1S/C25H29N7O.2ClH/c1-5-31-23(33)20-15-28-24(29-18-7-6-16-8-10-26-14-17(16)12-18)30-22(20)32(31)19-9-11-27-21(13-19)25(2,3)4;;/h6-7,9,11-13,15,26H,5,8,10,14H2,1-4H3,(H,28,29,30);2*1H. The van der Waals surface area contributed by atoms with Crippen LogP contribution in [0.5, 0.6) is 0 Å². The summed E-state index contributed by atoms with van der Waals surface area (Å²) in [6.07, 6.45) is 4.44. The Morgan fingerprint density at radius 3 is 2.63 bits per heavy atom. The molecule has 0 spiro atoms. The van der Waals surface area contributed by atoms with E-state index in [1.165, 1.54) is 11.1 Å². The van der Waals surface area contributed by atoms with Crippen LogP contribution in [-0.2, 0) is 24.9 Å². The van der Waals surface area contributed by atoms with E-state index in [2.05, 4.69) is 59.6 Å². The molecule has 1 aliphatic rings. The van der Waals surface area contributed by atoms with Crippen LogP contribution in [0.2, 0.25) is 0 Å². The number of fused-ring (bicyclic) bond motifs is 2. The Bertz CT molecular complexity index is 1410. The minimum Gasteiger partial charge on any atom is -0.324 e. The molecule has 4 aromatic rings. The molecule has 35 heavy (non-hydrogen) atoms. The van der Waals surface area contributed by atoms with Crippen LogP contribution >= 0.6 is 24.8 Å². The van der Waals surface area contributed by atoms with Gasteiger partial charge in [-0.3, -0.25) is 9.78 Å². The number of aromatic nitrogens is 5. The smallest absolute Gasteiger partial charge is 0.278 e. The van der Waals surface area contributed by atoms with Crippen molar-refractivity contribution in [1.29, 1.82) is 0 Å². The number of halogens is 2. The molecule has 3 aromatic heterocycles. The van der Waals surface area contributed by atoms with Crippen molar-refractivity contribution in [3.63, 3.8) is 0 Å². The van der Waals surface area contributed by atoms with Gasteiger partial charge in [-0.1, -0.05) is 26.8 Å². The summed E-state index contributed by atoms with van der Waals surface area (Å²) in [6, 6.07) is 10.3. The van der Waals surface area contributed by atoms with E-state index in [0.717, 1.165) is 36.6 Å². The Morgan fingerprint density at radius 1 is 1.09 bits per heavy atom. The van der Waals surface area contributed by atoms with Crippen LogP contribution in [0, 0.1) is 0 Å². The maximum Gasteiger partial charge on any atom is 0.278 e. The third-order valence-electron chi connectivity index (χ3n) is 6.08. The van der Waals surface area contributed by atoms with Crippen LogP contribution in [0.15, 0.2) is 47.5 Å². The van der Waals surface area contributed by atoms with Crippen LogP contribution < -0.4 is 16.2 Å². The summed E-state index contributed by atoms with van der Waals surface area (Å²) in [6.45, 7) is 10.7. The van der Waals surface area contributed by atoms with Crippen molar-refractivity contribution >= 4 is 47.5 Å². The number of hydrogen-bond donors (Lipinski definition) is 2. The van der Waals surface area contributed by atoms with Crippen LogP contribution in [-0.4, -0.2) is 30.9 Å². The minimum atomic E-state index is -0.112. The molecule has 8 nitrogen and oxygen atoms in total. The molecule has 0 amide bonds. The number of nitrogens with one attached hydrogen (secondary N) is 2. The van der Waals surface area contributed by atoms with Gasteiger partial charge in [0.1, 0.15) is 5.39 Å². The fraction of sp³-hybridized carbons (Fsp3) is 0.360. The summed E-state index contributed by atoms with van der Waals surface area (Å²) in [5.74, 6) is 0.457. The molecule has 1 aromatic carbocycles.